The molecule has 3 rings (SSSR count). The van der Waals surface area contributed by atoms with Gasteiger partial charge >= 0.3 is 0 Å². The predicted octanol–water partition coefficient (Wildman–Crippen LogP) is 5.30. The van der Waals surface area contributed by atoms with Crippen LogP contribution < -0.4 is 4.74 Å². The molecule has 0 amide bonds. The Morgan fingerprint density at radius 1 is 1.15 bits per heavy atom. The van der Waals surface area contributed by atoms with Gasteiger partial charge in [0.25, 0.3) is 0 Å². The number of hydrogen-bond donors (Lipinski definition) is 0. The molecule has 0 atom stereocenters. The monoisotopic (exact) mass is 385 g/mol. The van der Waals surface area contributed by atoms with E-state index in [1.165, 1.54) is 0 Å². The van der Waals surface area contributed by atoms with Gasteiger partial charge in [0.05, 0.1) is 0 Å². The van der Waals surface area contributed by atoms with Gasteiger partial charge in [-0.1, -0.05) is 65.8 Å². The van der Waals surface area contributed by atoms with Crippen LogP contribution in [0.2, 0.25) is 5.02 Å². The van der Waals surface area contributed by atoms with Crippen molar-refractivity contribution in [1.82, 2.24) is 14.8 Å². The van der Waals surface area contributed by atoms with Crippen molar-refractivity contribution in [2.24, 2.45) is 0 Å². The van der Waals surface area contributed by atoms with Crippen LogP contribution in [0.4, 0.5) is 0 Å². The number of para-hydroxylation sites is 1. The fourth-order valence-corrected chi connectivity index (χ4v) is 3.72. The Balaban J connectivity index is 1.72. The van der Waals surface area contributed by atoms with Crippen LogP contribution in [0.3, 0.4) is 0 Å². The van der Waals surface area contributed by atoms with Crippen molar-refractivity contribution in [1.29, 1.82) is 0 Å². The minimum atomic E-state index is 0.359. The summed E-state index contributed by atoms with van der Waals surface area (Å²) in [4.78, 5) is 0. The van der Waals surface area contributed by atoms with Gasteiger partial charge < -0.3 is 4.74 Å². The second-order valence-corrected chi connectivity index (χ2v) is 7.08. The molecule has 0 N–H and O–H groups in total. The lowest BCUT2D eigenvalue weighted by Gasteiger charge is -2.10. The van der Waals surface area contributed by atoms with E-state index in [0.29, 0.717) is 13.2 Å². The molecule has 4 nitrogen and oxygen atoms in total. The average Bonchev–Trinajstić information content (AvgIpc) is 3.03. The van der Waals surface area contributed by atoms with Gasteiger partial charge in [-0.05, 0) is 30.2 Å². The lowest BCUT2D eigenvalue weighted by molar-refractivity contribution is 0.287. The van der Waals surface area contributed by atoms with Crippen molar-refractivity contribution in [2.45, 2.75) is 31.0 Å². The van der Waals surface area contributed by atoms with Crippen LogP contribution in [-0.4, -0.2) is 14.8 Å². The van der Waals surface area contributed by atoms with Crippen LogP contribution in [0.5, 0.6) is 5.75 Å². The molecule has 0 bridgehead atoms. The lowest BCUT2D eigenvalue weighted by atomic mass is 10.2. The molecule has 26 heavy (non-hydrogen) atoms. The Bertz CT molecular complexity index is 827. The van der Waals surface area contributed by atoms with Gasteiger partial charge in [-0.2, -0.15) is 0 Å². The van der Waals surface area contributed by atoms with Crippen LogP contribution in [0.25, 0.3) is 0 Å². The molecule has 0 aliphatic carbocycles. The molecule has 0 unspecified atom stereocenters. The number of aryl methyl sites for hydroxylation is 1. The Morgan fingerprint density at radius 2 is 1.92 bits per heavy atom. The molecule has 0 fully saturated rings. The van der Waals surface area contributed by atoms with E-state index in [0.717, 1.165) is 38.6 Å². The SMILES string of the molecule is C=CCn1c(COc2ccccc2C)nnc1SCc1ccccc1Cl. The van der Waals surface area contributed by atoms with Gasteiger partial charge in [0.2, 0.25) is 0 Å². The van der Waals surface area contributed by atoms with Gasteiger partial charge in [0.1, 0.15) is 12.4 Å². The Morgan fingerprint density at radius 3 is 2.69 bits per heavy atom. The highest BCUT2D eigenvalue weighted by atomic mass is 35.5. The number of halogens is 1. The highest BCUT2D eigenvalue weighted by molar-refractivity contribution is 7.98. The number of allylic oxidation sites excluding steroid dienone is 1. The van der Waals surface area contributed by atoms with Crippen molar-refractivity contribution >= 4 is 23.4 Å². The van der Waals surface area contributed by atoms with Gasteiger partial charge in [0.15, 0.2) is 11.0 Å². The second-order valence-electron chi connectivity index (χ2n) is 5.73. The summed E-state index contributed by atoms with van der Waals surface area (Å²) in [5.74, 6) is 2.36. The smallest absolute Gasteiger partial charge is 0.191 e. The van der Waals surface area contributed by atoms with E-state index >= 15 is 0 Å². The van der Waals surface area contributed by atoms with Crippen LogP contribution >= 0.6 is 23.4 Å². The number of ether oxygens (including phenoxy) is 1. The third-order valence-electron chi connectivity index (χ3n) is 3.87. The van der Waals surface area contributed by atoms with Crippen molar-refractivity contribution in [3.8, 4) is 5.75 Å². The van der Waals surface area contributed by atoms with Crippen molar-refractivity contribution in [3.05, 3.63) is 83.2 Å². The molecule has 0 saturated heterocycles. The Kier molecular flexibility index (Phi) is 6.36. The zero-order valence-electron chi connectivity index (χ0n) is 14.6. The average molecular weight is 386 g/mol. The summed E-state index contributed by atoms with van der Waals surface area (Å²) in [5, 5.41) is 10.2. The maximum Gasteiger partial charge on any atom is 0.191 e. The molecule has 134 valence electrons. The topological polar surface area (TPSA) is 39.9 Å². The van der Waals surface area contributed by atoms with E-state index in [4.69, 9.17) is 16.3 Å². The van der Waals surface area contributed by atoms with E-state index in [9.17, 15) is 0 Å². The van der Waals surface area contributed by atoms with Gasteiger partial charge in [0, 0.05) is 17.3 Å². The highest BCUT2D eigenvalue weighted by Crippen LogP contribution is 2.26. The quantitative estimate of drug-likeness (QED) is 0.390. The van der Waals surface area contributed by atoms with Crippen LogP contribution in [-0.2, 0) is 18.9 Å². The van der Waals surface area contributed by atoms with Gasteiger partial charge in [-0.15, -0.1) is 16.8 Å². The zero-order chi connectivity index (χ0) is 18.4. The molecule has 2 aromatic carbocycles. The summed E-state index contributed by atoms with van der Waals surface area (Å²) in [6, 6.07) is 15.8. The predicted molar refractivity (Wildman–Crippen MR) is 107 cm³/mol. The van der Waals surface area contributed by atoms with Crippen molar-refractivity contribution in [3.63, 3.8) is 0 Å². The fourth-order valence-electron chi connectivity index (χ4n) is 2.46. The maximum atomic E-state index is 6.24. The number of benzene rings is 2. The molecular formula is C20H20ClN3OS. The standard InChI is InChI=1S/C20H20ClN3OS/c1-3-12-24-19(13-25-18-11-7-4-8-15(18)2)22-23-20(24)26-14-16-9-5-6-10-17(16)21/h3-11H,1,12-14H2,2H3. The minimum absolute atomic E-state index is 0.359. The first-order valence-corrected chi connectivity index (χ1v) is 9.63. The van der Waals surface area contributed by atoms with Crippen molar-refractivity contribution in [2.75, 3.05) is 0 Å². The molecule has 0 aliphatic heterocycles. The van der Waals surface area contributed by atoms with Crippen LogP contribution in [0.15, 0.2) is 66.3 Å². The Hall–Kier alpha value is -2.24. The second kappa shape index (κ2) is 8.92. The fraction of sp³-hybridized carbons (Fsp3) is 0.200. The van der Waals surface area contributed by atoms with Gasteiger partial charge in [-0.3, -0.25) is 4.57 Å². The van der Waals surface area contributed by atoms with E-state index in [1.807, 2.05) is 66.1 Å². The lowest BCUT2D eigenvalue weighted by Crippen LogP contribution is -2.08. The Labute approximate surface area is 162 Å². The first kappa shape index (κ1) is 18.5. The largest absolute Gasteiger partial charge is 0.485 e. The van der Waals surface area contributed by atoms with E-state index in [1.54, 1.807) is 11.8 Å². The normalized spacial score (nSPS) is 10.7. The molecule has 6 heteroatoms. The third-order valence-corrected chi connectivity index (χ3v) is 5.25. The molecule has 1 aromatic heterocycles. The number of hydrogen-bond acceptors (Lipinski definition) is 4. The molecular weight excluding hydrogens is 366 g/mol. The number of nitrogens with zero attached hydrogens (tertiary/aromatic N) is 3. The van der Waals surface area contributed by atoms with Crippen LogP contribution in [0, 0.1) is 6.92 Å². The molecule has 0 radical (unpaired) electrons. The minimum Gasteiger partial charge on any atom is -0.485 e. The number of aromatic nitrogens is 3. The van der Waals surface area contributed by atoms with E-state index < -0.39 is 0 Å². The summed E-state index contributed by atoms with van der Waals surface area (Å²) >= 11 is 7.84. The van der Waals surface area contributed by atoms with Gasteiger partial charge in [-0.25, -0.2) is 0 Å². The molecule has 1 heterocycles. The number of rotatable bonds is 8. The molecule has 0 aliphatic rings. The van der Waals surface area contributed by atoms with E-state index in [2.05, 4.69) is 16.8 Å². The van der Waals surface area contributed by atoms with E-state index in [-0.39, 0.29) is 0 Å². The first-order valence-electron chi connectivity index (χ1n) is 8.26. The maximum absolute atomic E-state index is 6.24. The summed E-state index contributed by atoms with van der Waals surface area (Å²) in [6.45, 7) is 6.85. The highest BCUT2D eigenvalue weighted by Gasteiger charge is 2.13. The van der Waals surface area contributed by atoms with Crippen molar-refractivity contribution < 1.29 is 4.74 Å². The van der Waals surface area contributed by atoms with Crippen LogP contribution in [0.1, 0.15) is 17.0 Å². The summed E-state index contributed by atoms with van der Waals surface area (Å²) in [6.07, 6.45) is 1.83. The number of thioether (sulfide) groups is 1. The summed E-state index contributed by atoms with van der Waals surface area (Å²) in [7, 11) is 0. The molecule has 3 aromatic rings. The third kappa shape index (κ3) is 4.48. The molecule has 0 spiro atoms. The summed E-state index contributed by atoms with van der Waals surface area (Å²) in [5.41, 5.74) is 2.17. The molecule has 0 saturated carbocycles. The summed E-state index contributed by atoms with van der Waals surface area (Å²) < 4.78 is 7.94. The first-order chi connectivity index (χ1) is 12.7. The zero-order valence-corrected chi connectivity index (χ0v) is 16.1.